The SMILES string of the molecule is O=C(O)C1CCCCCC1CCSC(F)(F)F. The molecule has 17 heavy (non-hydrogen) atoms. The van der Waals surface area contributed by atoms with Gasteiger partial charge in [-0.25, -0.2) is 0 Å². The van der Waals surface area contributed by atoms with Gasteiger partial charge in [0.05, 0.1) is 5.92 Å². The quantitative estimate of drug-likeness (QED) is 0.787. The number of rotatable bonds is 4. The molecule has 100 valence electrons. The maximum atomic E-state index is 12.0. The van der Waals surface area contributed by atoms with E-state index in [-0.39, 0.29) is 23.4 Å². The van der Waals surface area contributed by atoms with E-state index >= 15 is 0 Å². The van der Waals surface area contributed by atoms with Gasteiger partial charge in [0.1, 0.15) is 0 Å². The van der Waals surface area contributed by atoms with E-state index in [4.69, 9.17) is 5.11 Å². The van der Waals surface area contributed by atoms with Crippen molar-refractivity contribution in [2.24, 2.45) is 11.8 Å². The molecule has 1 aliphatic carbocycles. The van der Waals surface area contributed by atoms with Crippen molar-refractivity contribution < 1.29 is 23.1 Å². The Labute approximate surface area is 103 Å². The molecule has 0 spiro atoms. The Morgan fingerprint density at radius 1 is 1.24 bits per heavy atom. The van der Waals surface area contributed by atoms with Crippen molar-refractivity contribution in [3.05, 3.63) is 0 Å². The molecule has 0 saturated heterocycles. The molecule has 1 rings (SSSR count). The highest BCUT2D eigenvalue weighted by Crippen LogP contribution is 2.36. The second-order valence-corrected chi connectivity index (χ2v) is 5.59. The first-order chi connectivity index (χ1) is 7.90. The highest BCUT2D eigenvalue weighted by molar-refractivity contribution is 8.00. The fourth-order valence-electron chi connectivity index (χ4n) is 2.38. The number of carboxylic acids is 1. The lowest BCUT2D eigenvalue weighted by molar-refractivity contribution is -0.144. The van der Waals surface area contributed by atoms with Gasteiger partial charge >= 0.3 is 11.5 Å². The van der Waals surface area contributed by atoms with Gasteiger partial charge in [-0.1, -0.05) is 31.0 Å². The van der Waals surface area contributed by atoms with Crippen LogP contribution in [0.5, 0.6) is 0 Å². The van der Waals surface area contributed by atoms with E-state index in [1.807, 2.05) is 0 Å². The Morgan fingerprint density at radius 2 is 1.88 bits per heavy atom. The fraction of sp³-hybridized carbons (Fsp3) is 0.909. The minimum absolute atomic E-state index is 0.0298. The lowest BCUT2D eigenvalue weighted by Gasteiger charge is -2.21. The van der Waals surface area contributed by atoms with Crippen molar-refractivity contribution in [2.75, 3.05) is 5.75 Å². The third-order valence-electron chi connectivity index (χ3n) is 3.23. The summed E-state index contributed by atoms with van der Waals surface area (Å²) in [5.74, 6) is -1.43. The number of hydrogen-bond donors (Lipinski definition) is 1. The molecule has 2 unspecified atom stereocenters. The molecule has 0 bridgehead atoms. The largest absolute Gasteiger partial charge is 0.481 e. The van der Waals surface area contributed by atoms with Crippen LogP contribution in [0.2, 0.25) is 0 Å². The first kappa shape index (κ1) is 14.7. The molecule has 0 aromatic heterocycles. The minimum Gasteiger partial charge on any atom is -0.481 e. The van der Waals surface area contributed by atoms with E-state index in [0.717, 1.165) is 25.7 Å². The van der Waals surface area contributed by atoms with Gasteiger partial charge in [-0.2, -0.15) is 13.2 Å². The zero-order valence-corrected chi connectivity index (χ0v) is 10.3. The van der Waals surface area contributed by atoms with Crippen molar-refractivity contribution >= 4 is 17.7 Å². The van der Waals surface area contributed by atoms with Gasteiger partial charge in [0.25, 0.3) is 0 Å². The second-order valence-electron chi connectivity index (χ2n) is 4.43. The average Bonchev–Trinajstić information content (AvgIpc) is 2.41. The number of carboxylic acid groups (broad SMARTS) is 1. The predicted octanol–water partition coefficient (Wildman–Crippen LogP) is 3.91. The minimum atomic E-state index is -4.20. The van der Waals surface area contributed by atoms with Gasteiger partial charge in [-0.05, 0) is 25.2 Å². The summed E-state index contributed by atoms with van der Waals surface area (Å²) in [5.41, 5.74) is -4.20. The Balaban J connectivity index is 2.44. The Hall–Kier alpha value is -0.390. The molecule has 0 aromatic carbocycles. The molecule has 2 atom stereocenters. The number of halogens is 3. The summed E-state index contributed by atoms with van der Waals surface area (Å²) in [6, 6.07) is 0. The monoisotopic (exact) mass is 270 g/mol. The summed E-state index contributed by atoms with van der Waals surface area (Å²) in [6.07, 6.45) is 4.50. The summed E-state index contributed by atoms with van der Waals surface area (Å²) < 4.78 is 36.0. The van der Waals surface area contributed by atoms with Crippen LogP contribution in [0.1, 0.15) is 38.5 Å². The van der Waals surface area contributed by atoms with Crippen molar-refractivity contribution in [1.29, 1.82) is 0 Å². The van der Waals surface area contributed by atoms with Gasteiger partial charge in [0.15, 0.2) is 0 Å². The molecule has 6 heteroatoms. The van der Waals surface area contributed by atoms with Crippen LogP contribution >= 0.6 is 11.8 Å². The molecule has 0 aromatic rings. The number of carbonyl (C=O) groups is 1. The first-order valence-electron chi connectivity index (χ1n) is 5.83. The van der Waals surface area contributed by atoms with Crippen LogP contribution in [0.4, 0.5) is 13.2 Å². The topological polar surface area (TPSA) is 37.3 Å². The summed E-state index contributed by atoms with van der Waals surface area (Å²) in [6.45, 7) is 0. The Kier molecular flexibility index (Phi) is 5.62. The van der Waals surface area contributed by atoms with Gasteiger partial charge < -0.3 is 5.11 Å². The van der Waals surface area contributed by atoms with E-state index in [1.165, 1.54) is 0 Å². The van der Waals surface area contributed by atoms with Crippen molar-refractivity contribution in [3.63, 3.8) is 0 Å². The Morgan fingerprint density at radius 3 is 2.47 bits per heavy atom. The van der Waals surface area contributed by atoms with Gasteiger partial charge in [-0.3, -0.25) is 4.79 Å². The number of hydrogen-bond acceptors (Lipinski definition) is 2. The van der Waals surface area contributed by atoms with E-state index in [9.17, 15) is 18.0 Å². The summed E-state index contributed by atoms with van der Waals surface area (Å²) >= 11 is -0.0452. The molecular formula is C11H17F3O2S. The molecule has 0 heterocycles. The van der Waals surface area contributed by atoms with Crippen LogP contribution in [-0.2, 0) is 4.79 Å². The molecule has 0 amide bonds. The van der Waals surface area contributed by atoms with Crippen LogP contribution in [0.3, 0.4) is 0 Å². The van der Waals surface area contributed by atoms with Crippen molar-refractivity contribution in [1.82, 2.24) is 0 Å². The van der Waals surface area contributed by atoms with Crippen LogP contribution in [0, 0.1) is 11.8 Å². The molecule has 0 radical (unpaired) electrons. The molecule has 0 aliphatic heterocycles. The van der Waals surface area contributed by atoms with Crippen LogP contribution < -0.4 is 0 Å². The summed E-state index contributed by atoms with van der Waals surface area (Å²) in [5, 5.41) is 9.06. The lowest BCUT2D eigenvalue weighted by Crippen LogP contribution is -2.23. The van der Waals surface area contributed by atoms with E-state index in [0.29, 0.717) is 12.8 Å². The van der Waals surface area contributed by atoms with E-state index in [1.54, 1.807) is 0 Å². The Bertz CT molecular complexity index is 256. The summed E-state index contributed by atoms with van der Waals surface area (Å²) in [4.78, 5) is 11.0. The lowest BCUT2D eigenvalue weighted by atomic mass is 9.86. The fourth-order valence-corrected chi connectivity index (χ4v) is 3.03. The third-order valence-corrected chi connectivity index (χ3v) is 4.00. The molecule has 2 nitrogen and oxygen atoms in total. The van der Waals surface area contributed by atoms with E-state index in [2.05, 4.69) is 0 Å². The standard InChI is InChI=1S/C11H17F3O2S/c12-11(13,14)17-7-6-8-4-2-1-3-5-9(8)10(15)16/h8-9H,1-7H2,(H,15,16). The molecule has 1 fully saturated rings. The second kappa shape index (κ2) is 6.52. The predicted molar refractivity (Wildman–Crippen MR) is 60.8 cm³/mol. The maximum absolute atomic E-state index is 12.0. The van der Waals surface area contributed by atoms with Crippen LogP contribution in [0.15, 0.2) is 0 Å². The summed E-state index contributed by atoms with van der Waals surface area (Å²) in [7, 11) is 0. The normalized spacial score (nSPS) is 26.5. The van der Waals surface area contributed by atoms with Gasteiger partial charge in [0.2, 0.25) is 0 Å². The molecule has 1 saturated carbocycles. The number of aliphatic carboxylic acids is 1. The first-order valence-corrected chi connectivity index (χ1v) is 6.82. The zero-order valence-electron chi connectivity index (χ0n) is 9.50. The van der Waals surface area contributed by atoms with Gasteiger partial charge in [0, 0.05) is 5.75 Å². The van der Waals surface area contributed by atoms with Crippen molar-refractivity contribution in [2.45, 2.75) is 44.0 Å². The third kappa shape index (κ3) is 5.66. The highest BCUT2D eigenvalue weighted by atomic mass is 32.2. The van der Waals surface area contributed by atoms with E-state index < -0.39 is 17.4 Å². The van der Waals surface area contributed by atoms with Crippen LogP contribution in [-0.4, -0.2) is 22.3 Å². The highest BCUT2D eigenvalue weighted by Gasteiger charge is 2.32. The average molecular weight is 270 g/mol. The molecular weight excluding hydrogens is 253 g/mol. The smallest absolute Gasteiger partial charge is 0.441 e. The van der Waals surface area contributed by atoms with Crippen molar-refractivity contribution in [3.8, 4) is 0 Å². The number of alkyl halides is 3. The molecule has 1 N–H and O–H groups in total. The zero-order chi connectivity index (χ0) is 12.9. The number of thioether (sulfide) groups is 1. The van der Waals surface area contributed by atoms with Gasteiger partial charge in [-0.15, -0.1) is 0 Å². The molecule has 1 aliphatic rings. The van der Waals surface area contributed by atoms with Crippen LogP contribution in [0.25, 0.3) is 0 Å². The maximum Gasteiger partial charge on any atom is 0.441 e.